The third kappa shape index (κ3) is 5.23. The minimum atomic E-state index is -3.91. The fourth-order valence-corrected chi connectivity index (χ4v) is 2.00. The van der Waals surface area contributed by atoms with Crippen molar-refractivity contribution in [1.82, 2.24) is 0 Å². The molecule has 0 aliphatic heterocycles. The zero-order valence-corrected chi connectivity index (χ0v) is 11.4. The van der Waals surface area contributed by atoms with Crippen LogP contribution < -0.4 is 20.9 Å². The summed E-state index contributed by atoms with van der Waals surface area (Å²) in [4.78, 5) is 0. The Morgan fingerprint density at radius 2 is 1.74 bits per heavy atom. The zero-order valence-electron chi connectivity index (χ0n) is 10.6. The third-order valence-corrected chi connectivity index (χ3v) is 3.23. The molecule has 19 heavy (non-hydrogen) atoms. The summed E-state index contributed by atoms with van der Waals surface area (Å²) in [6.45, 7) is 0.287. The summed E-state index contributed by atoms with van der Waals surface area (Å²) in [5.74, 6) is 0.625. The van der Waals surface area contributed by atoms with Gasteiger partial charge >= 0.3 is 0 Å². The maximum absolute atomic E-state index is 10.5. The SMILES string of the molecule is COc1cc(N)c(N)cc1OCCCCS(=O)(=O)O. The Balaban J connectivity index is 2.51. The second-order valence-electron chi connectivity index (χ2n) is 3.97. The van der Waals surface area contributed by atoms with E-state index in [0.717, 1.165) is 0 Å². The number of hydrogen-bond donors (Lipinski definition) is 3. The Morgan fingerprint density at radius 1 is 1.16 bits per heavy atom. The predicted molar refractivity (Wildman–Crippen MR) is 73.0 cm³/mol. The van der Waals surface area contributed by atoms with Gasteiger partial charge in [0, 0.05) is 12.1 Å². The molecule has 0 heterocycles. The molecular formula is C11H18N2O5S. The number of nitrogens with two attached hydrogens (primary N) is 2. The minimum absolute atomic E-state index is 0.280. The van der Waals surface area contributed by atoms with Crippen molar-refractivity contribution < 1.29 is 22.4 Å². The van der Waals surface area contributed by atoms with Crippen LogP contribution in [0.3, 0.4) is 0 Å². The van der Waals surface area contributed by atoms with Gasteiger partial charge in [-0.1, -0.05) is 0 Å². The standard InChI is InChI=1S/C11H18N2O5S/c1-17-10-6-8(12)9(13)7-11(10)18-4-2-3-5-19(14,15)16/h6-7H,2-5,12-13H2,1H3,(H,14,15,16). The zero-order chi connectivity index (χ0) is 14.5. The van der Waals surface area contributed by atoms with Gasteiger partial charge in [-0.3, -0.25) is 4.55 Å². The van der Waals surface area contributed by atoms with E-state index in [-0.39, 0.29) is 12.4 Å². The number of ether oxygens (including phenoxy) is 2. The lowest BCUT2D eigenvalue weighted by Crippen LogP contribution is -2.07. The van der Waals surface area contributed by atoms with E-state index in [0.29, 0.717) is 35.7 Å². The van der Waals surface area contributed by atoms with E-state index in [1.807, 2.05) is 0 Å². The molecule has 0 unspecified atom stereocenters. The van der Waals surface area contributed by atoms with Crippen molar-refractivity contribution in [3.8, 4) is 11.5 Å². The lowest BCUT2D eigenvalue weighted by atomic mass is 10.2. The van der Waals surface area contributed by atoms with Gasteiger partial charge < -0.3 is 20.9 Å². The molecule has 0 spiro atoms. The van der Waals surface area contributed by atoms with Gasteiger partial charge in [0.15, 0.2) is 11.5 Å². The Labute approximate surface area is 112 Å². The normalized spacial score (nSPS) is 11.3. The lowest BCUT2D eigenvalue weighted by Gasteiger charge is -2.12. The first kappa shape index (κ1) is 15.4. The molecule has 0 saturated heterocycles. The van der Waals surface area contributed by atoms with Gasteiger partial charge in [0.25, 0.3) is 10.1 Å². The maximum atomic E-state index is 10.5. The van der Waals surface area contributed by atoms with E-state index in [1.165, 1.54) is 7.11 Å². The van der Waals surface area contributed by atoms with Gasteiger partial charge in [-0.2, -0.15) is 8.42 Å². The van der Waals surface area contributed by atoms with Gasteiger partial charge in [0.2, 0.25) is 0 Å². The molecule has 0 radical (unpaired) electrons. The number of methoxy groups -OCH3 is 1. The van der Waals surface area contributed by atoms with Crippen LogP contribution >= 0.6 is 0 Å². The first-order valence-electron chi connectivity index (χ1n) is 5.64. The van der Waals surface area contributed by atoms with Crippen molar-refractivity contribution in [3.05, 3.63) is 12.1 Å². The van der Waals surface area contributed by atoms with Crippen molar-refractivity contribution >= 4 is 21.5 Å². The van der Waals surface area contributed by atoms with Crippen molar-refractivity contribution in [2.75, 3.05) is 30.9 Å². The number of rotatable bonds is 7. The van der Waals surface area contributed by atoms with Crippen molar-refractivity contribution in [3.63, 3.8) is 0 Å². The summed E-state index contributed by atoms with van der Waals surface area (Å²) in [7, 11) is -2.43. The predicted octanol–water partition coefficient (Wildman–Crippen LogP) is 0.906. The van der Waals surface area contributed by atoms with Crippen LogP contribution in [0.5, 0.6) is 11.5 Å². The van der Waals surface area contributed by atoms with Gasteiger partial charge in [-0.05, 0) is 12.8 Å². The summed E-state index contributed by atoms with van der Waals surface area (Å²) >= 11 is 0. The molecule has 0 atom stereocenters. The molecule has 1 rings (SSSR count). The van der Waals surface area contributed by atoms with E-state index >= 15 is 0 Å². The monoisotopic (exact) mass is 290 g/mol. The van der Waals surface area contributed by atoms with Gasteiger partial charge in [-0.25, -0.2) is 0 Å². The largest absolute Gasteiger partial charge is 0.493 e. The third-order valence-electron chi connectivity index (χ3n) is 2.42. The highest BCUT2D eigenvalue weighted by molar-refractivity contribution is 7.85. The average Bonchev–Trinajstić information content (AvgIpc) is 2.31. The van der Waals surface area contributed by atoms with E-state index < -0.39 is 10.1 Å². The summed E-state index contributed by atoms with van der Waals surface area (Å²) < 4.78 is 40.1. The molecule has 0 aliphatic rings. The molecule has 1 aromatic rings. The molecule has 0 aromatic heterocycles. The van der Waals surface area contributed by atoms with Crippen molar-refractivity contribution in [2.24, 2.45) is 0 Å². The second kappa shape index (κ2) is 6.48. The molecule has 108 valence electrons. The molecule has 0 bridgehead atoms. The molecule has 0 fully saturated rings. The van der Waals surface area contributed by atoms with E-state index in [2.05, 4.69) is 0 Å². The van der Waals surface area contributed by atoms with Crippen LogP contribution in [0.1, 0.15) is 12.8 Å². The first-order valence-corrected chi connectivity index (χ1v) is 7.25. The Hall–Kier alpha value is -1.67. The van der Waals surface area contributed by atoms with Gasteiger partial charge in [0.05, 0.1) is 30.8 Å². The van der Waals surface area contributed by atoms with Crippen LogP contribution in [0, 0.1) is 0 Å². The second-order valence-corrected chi connectivity index (χ2v) is 5.55. The number of hydrogen-bond acceptors (Lipinski definition) is 6. The molecule has 0 saturated carbocycles. The smallest absolute Gasteiger partial charge is 0.264 e. The number of anilines is 2. The lowest BCUT2D eigenvalue weighted by molar-refractivity contribution is 0.288. The van der Waals surface area contributed by atoms with Crippen LogP contribution in [0.25, 0.3) is 0 Å². The average molecular weight is 290 g/mol. The maximum Gasteiger partial charge on any atom is 0.264 e. The number of unbranched alkanes of at least 4 members (excludes halogenated alkanes) is 1. The number of nitrogen functional groups attached to an aromatic ring is 2. The summed E-state index contributed by atoms with van der Waals surface area (Å²) in [5, 5.41) is 0. The summed E-state index contributed by atoms with van der Waals surface area (Å²) in [6.07, 6.45) is 0.791. The molecule has 8 heteroatoms. The highest BCUT2D eigenvalue weighted by atomic mass is 32.2. The van der Waals surface area contributed by atoms with Crippen molar-refractivity contribution in [2.45, 2.75) is 12.8 Å². The van der Waals surface area contributed by atoms with Crippen LogP contribution in [-0.2, 0) is 10.1 Å². The fourth-order valence-electron chi connectivity index (χ4n) is 1.43. The van der Waals surface area contributed by atoms with Gasteiger partial charge in [0.1, 0.15) is 0 Å². The number of benzene rings is 1. The topological polar surface area (TPSA) is 125 Å². The highest BCUT2D eigenvalue weighted by Crippen LogP contribution is 2.33. The molecule has 7 nitrogen and oxygen atoms in total. The quantitative estimate of drug-likeness (QED) is 0.387. The molecule has 5 N–H and O–H groups in total. The highest BCUT2D eigenvalue weighted by Gasteiger charge is 2.08. The van der Waals surface area contributed by atoms with Gasteiger partial charge in [-0.15, -0.1) is 0 Å². The molecule has 1 aromatic carbocycles. The molecular weight excluding hydrogens is 272 g/mol. The van der Waals surface area contributed by atoms with E-state index in [1.54, 1.807) is 12.1 Å². The summed E-state index contributed by atoms with van der Waals surface area (Å²) in [6, 6.07) is 3.11. The molecule has 0 amide bonds. The van der Waals surface area contributed by atoms with Crippen LogP contribution in [0.4, 0.5) is 11.4 Å². The van der Waals surface area contributed by atoms with E-state index in [4.69, 9.17) is 25.5 Å². The van der Waals surface area contributed by atoms with E-state index in [9.17, 15) is 8.42 Å². The Bertz CT molecular complexity index is 530. The van der Waals surface area contributed by atoms with Crippen LogP contribution in [0.2, 0.25) is 0 Å². The van der Waals surface area contributed by atoms with Crippen molar-refractivity contribution in [1.29, 1.82) is 0 Å². The van der Waals surface area contributed by atoms with Crippen LogP contribution in [-0.4, -0.2) is 32.4 Å². The molecule has 0 aliphatic carbocycles. The Morgan fingerprint density at radius 3 is 2.26 bits per heavy atom. The summed E-state index contributed by atoms with van der Waals surface area (Å²) in [5.41, 5.74) is 12.1. The Kier molecular flexibility index (Phi) is 5.25. The first-order chi connectivity index (χ1) is 8.83. The fraction of sp³-hybridized carbons (Fsp3) is 0.455. The minimum Gasteiger partial charge on any atom is -0.493 e. The van der Waals surface area contributed by atoms with Crippen LogP contribution in [0.15, 0.2) is 12.1 Å².